The van der Waals surface area contributed by atoms with Crippen molar-refractivity contribution < 1.29 is 69.4 Å². The maximum absolute atomic E-state index is 12.5. The number of hydrogen-bond donors (Lipinski definition) is 8. The quantitative estimate of drug-likeness (QED) is 0.0218. The summed E-state index contributed by atoms with van der Waals surface area (Å²) >= 11 is 0. The van der Waals surface area contributed by atoms with Crippen molar-refractivity contribution in [2.45, 2.75) is 185 Å². The maximum atomic E-state index is 12.5. The second kappa shape index (κ2) is 30.0. The molecular weight excluding hydrogens is 632 g/mol. The van der Waals surface area contributed by atoms with Gasteiger partial charge in [-0.25, -0.2) is 0 Å². The molecule has 5 unspecified atom stereocenters. The molecule has 0 rings (SSSR count). The minimum atomic E-state index is -1.75. The summed E-state index contributed by atoms with van der Waals surface area (Å²) in [4.78, 5) is 37.1. The lowest BCUT2D eigenvalue weighted by atomic mass is 10.0. The standard InChI is InChI=1S/C34H64O14/c1-25(35)27(36)17-11-5-2-8-14-20-30(39)46-23-26(48-32(41)22-16-10-4-7-13-19-29(38)34(44)45)24-47-31(40)21-15-9-3-6-12-18-28(37)33(42)43/h25-29,33-38,42-45H,2-24H2,1H3. The number of esters is 3. The summed E-state index contributed by atoms with van der Waals surface area (Å²) in [6.07, 6.45) is 4.19. The van der Waals surface area contributed by atoms with Crippen molar-refractivity contribution in [3.05, 3.63) is 0 Å². The van der Waals surface area contributed by atoms with E-state index in [9.17, 15) is 34.8 Å². The zero-order valence-corrected chi connectivity index (χ0v) is 28.8. The summed E-state index contributed by atoms with van der Waals surface area (Å²) in [6, 6.07) is 0. The summed E-state index contributed by atoms with van der Waals surface area (Å²) in [5.74, 6) is -1.43. The Morgan fingerprint density at radius 1 is 0.438 bits per heavy atom. The van der Waals surface area contributed by atoms with Gasteiger partial charge in [0.15, 0.2) is 18.7 Å². The SMILES string of the molecule is CC(O)C(O)CCCCCCCC(=O)OCC(COC(=O)CCCCCCCC(O)C(O)O)OC(=O)CCCCCCCC(O)C(O)O. The Kier molecular flexibility index (Phi) is 28.8. The average Bonchev–Trinajstić information content (AvgIpc) is 3.03. The van der Waals surface area contributed by atoms with Crippen molar-refractivity contribution in [2.24, 2.45) is 0 Å². The lowest BCUT2D eigenvalue weighted by molar-refractivity contribution is -0.167. The molecule has 0 amide bonds. The van der Waals surface area contributed by atoms with E-state index in [1.165, 1.54) is 0 Å². The number of rotatable bonds is 32. The van der Waals surface area contributed by atoms with Crippen LogP contribution in [0.25, 0.3) is 0 Å². The van der Waals surface area contributed by atoms with Crippen LogP contribution in [0.3, 0.4) is 0 Å². The van der Waals surface area contributed by atoms with E-state index >= 15 is 0 Å². The Hall–Kier alpha value is -1.91. The lowest BCUT2D eigenvalue weighted by Gasteiger charge is -2.18. The summed E-state index contributed by atoms with van der Waals surface area (Å²) in [7, 11) is 0. The Morgan fingerprint density at radius 3 is 1.10 bits per heavy atom. The van der Waals surface area contributed by atoms with Crippen molar-refractivity contribution in [2.75, 3.05) is 13.2 Å². The number of ether oxygens (including phenoxy) is 3. The van der Waals surface area contributed by atoms with Gasteiger partial charge in [0.2, 0.25) is 0 Å². The van der Waals surface area contributed by atoms with Gasteiger partial charge in [-0.2, -0.15) is 0 Å². The van der Waals surface area contributed by atoms with Gasteiger partial charge in [0.25, 0.3) is 0 Å². The van der Waals surface area contributed by atoms with Gasteiger partial charge < -0.3 is 55.1 Å². The fraction of sp³-hybridized carbons (Fsp3) is 0.912. The molecule has 0 bridgehead atoms. The van der Waals surface area contributed by atoms with Crippen LogP contribution in [-0.2, 0) is 28.6 Å². The lowest BCUT2D eigenvalue weighted by Crippen LogP contribution is -2.30. The number of hydrogen-bond acceptors (Lipinski definition) is 14. The Morgan fingerprint density at radius 2 is 0.750 bits per heavy atom. The van der Waals surface area contributed by atoms with Crippen LogP contribution < -0.4 is 0 Å². The van der Waals surface area contributed by atoms with Gasteiger partial charge >= 0.3 is 17.9 Å². The van der Waals surface area contributed by atoms with E-state index in [1.54, 1.807) is 6.92 Å². The Labute approximate surface area is 285 Å². The molecule has 5 atom stereocenters. The molecule has 0 aromatic rings. The average molecular weight is 697 g/mol. The number of carbonyl (C=O) groups excluding carboxylic acids is 3. The third kappa shape index (κ3) is 28.0. The molecule has 0 aliphatic carbocycles. The molecule has 0 aromatic heterocycles. The van der Waals surface area contributed by atoms with Gasteiger partial charge in [-0.1, -0.05) is 77.0 Å². The van der Waals surface area contributed by atoms with Crippen molar-refractivity contribution in [3.8, 4) is 0 Å². The highest BCUT2D eigenvalue weighted by atomic mass is 16.6. The number of aliphatic hydroxyl groups excluding tert-OH is 6. The number of carbonyl (C=O) groups is 3. The van der Waals surface area contributed by atoms with Gasteiger partial charge in [-0.05, 0) is 45.4 Å². The molecule has 0 fully saturated rings. The first kappa shape index (κ1) is 46.1. The molecule has 284 valence electrons. The first-order valence-corrected chi connectivity index (χ1v) is 17.8. The Bertz CT molecular complexity index is 763. The van der Waals surface area contributed by atoms with E-state index in [1.807, 2.05) is 0 Å². The van der Waals surface area contributed by atoms with Crippen LogP contribution in [0, 0.1) is 0 Å². The molecule has 8 N–H and O–H groups in total. The van der Waals surface area contributed by atoms with E-state index < -0.39 is 61.0 Å². The van der Waals surface area contributed by atoms with Crippen LogP contribution in [0.1, 0.15) is 142 Å². The van der Waals surface area contributed by atoms with Crippen molar-refractivity contribution >= 4 is 17.9 Å². The van der Waals surface area contributed by atoms with Crippen LogP contribution in [0.5, 0.6) is 0 Å². The normalized spacial score (nSPS) is 14.8. The highest BCUT2D eigenvalue weighted by Crippen LogP contribution is 2.14. The summed E-state index contributed by atoms with van der Waals surface area (Å²) in [5, 5.41) is 73.3. The second-order valence-corrected chi connectivity index (χ2v) is 12.7. The number of aliphatic hydroxyl groups is 8. The van der Waals surface area contributed by atoms with Crippen LogP contribution in [0.15, 0.2) is 0 Å². The van der Waals surface area contributed by atoms with Gasteiger partial charge in [-0.15, -0.1) is 0 Å². The van der Waals surface area contributed by atoms with Gasteiger partial charge in [0.05, 0.1) is 12.2 Å². The van der Waals surface area contributed by atoms with Gasteiger partial charge in [0, 0.05) is 19.3 Å². The third-order valence-electron chi connectivity index (χ3n) is 8.05. The van der Waals surface area contributed by atoms with E-state index in [4.69, 9.17) is 34.6 Å². The zero-order chi connectivity index (χ0) is 36.2. The summed E-state index contributed by atoms with van der Waals surface area (Å²) < 4.78 is 16.1. The van der Waals surface area contributed by atoms with Crippen molar-refractivity contribution in [1.82, 2.24) is 0 Å². The first-order valence-electron chi connectivity index (χ1n) is 17.8. The number of unbranched alkanes of at least 4 members (excludes halogenated alkanes) is 12. The first-order chi connectivity index (χ1) is 22.8. The van der Waals surface area contributed by atoms with Crippen LogP contribution in [0.2, 0.25) is 0 Å². The van der Waals surface area contributed by atoms with Gasteiger partial charge in [0.1, 0.15) is 25.4 Å². The molecule has 0 aliphatic rings. The highest BCUT2D eigenvalue weighted by Gasteiger charge is 2.20. The fourth-order valence-corrected chi connectivity index (χ4v) is 4.88. The largest absolute Gasteiger partial charge is 0.462 e. The van der Waals surface area contributed by atoms with E-state index in [-0.39, 0.29) is 45.3 Å². The second-order valence-electron chi connectivity index (χ2n) is 12.7. The molecule has 0 saturated heterocycles. The van der Waals surface area contributed by atoms with Crippen LogP contribution in [0.4, 0.5) is 0 Å². The fourth-order valence-electron chi connectivity index (χ4n) is 4.88. The summed E-state index contributed by atoms with van der Waals surface area (Å²) in [6.45, 7) is 1.05. The predicted octanol–water partition coefficient (Wildman–Crippen LogP) is 2.26. The monoisotopic (exact) mass is 696 g/mol. The molecule has 0 saturated carbocycles. The van der Waals surface area contributed by atoms with E-state index in [2.05, 4.69) is 0 Å². The topological polar surface area (TPSA) is 241 Å². The van der Waals surface area contributed by atoms with E-state index in [0.717, 1.165) is 64.2 Å². The van der Waals surface area contributed by atoms with Gasteiger partial charge in [-0.3, -0.25) is 14.4 Å². The van der Waals surface area contributed by atoms with Crippen LogP contribution >= 0.6 is 0 Å². The predicted molar refractivity (Wildman–Crippen MR) is 175 cm³/mol. The highest BCUT2D eigenvalue weighted by molar-refractivity contribution is 5.71. The molecule has 0 radical (unpaired) electrons. The maximum Gasteiger partial charge on any atom is 0.306 e. The zero-order valence-electron chi connectivity index (χ0n) is 28.8. The third-order valence-corrected chi connectivity index (χ3v) is 8.05. The van der Waals surface area contributed by atoms with Crippen LogP contribution in [-0.4, -0.2) is 115 Å². The molecule has 0 aliphatic heterocycles. The molecule has 14 heteroatoms. The van der Waals surface area contributed by atoms with Crippen molar-refractivity contribution in [3.63, 3.8) is 0 Å². The molecular formula is C34H64O14. The molecule has 0 spiro atoms. The molecule has 14 nitrogen and oxygen atoms in total. The minimum Gasteiger partial charge on any atom is -0.462 e. The smallest absolute Gasteiger partial charge is 0.306 e. The van der Waals surface area contributed by atoms with E-state index in [0.29, 0.717) is 38.5 Å². The summed E-state index contributed by atoms with van der Waals surface area (Å²) in [5.41, 5.74) is 0. The van der Waals surface area contributed by atoms with Crippen molar-refractivity contribution in [1.29, 1.82) is 0 Å². The minimum absolute atomic E-state index is 0.124. The molecule has 48 heavy (non-hydrogen) atoms. The Balaban J connectivity index is 4.49. The molecule has 0 aromatic carbocycles. The molecule has 0 heterocycles.